The fourth-order valence-electron chi connectivity index (χ4n) is 1.77. The van der Waals surface area contributed by atoms with Crippen molar-refractivity contribution in [1.29, 1.82) is 0 Å². The van der Waals surface area contributed by atoms with Gasteiger partial charge in [-0.15, -0.1) is 0 Å². The Morgan fingerprint density at radius 1 is 1.05 bits per heavy atom. The van der Waals surface area contributed by atoms with Crippen LogP contribution in [0, 0.1) is 0 Å². The van der Waals surface area contributed by atoms with Crippen molar-refractivity contribution < 1.29 is 14.3 Å². The number of halogens is 1. The Balaban J connectivity index is 1.95. The Kier molecular flexibility index (Phi) is 5.63. The van der Waals surface area contributed by atoms with Gasteiger partial charge in [0.2, 0.25) is 0 Å². The van der Waals surface area contributed by atoms with Gasteiger partial charge in [-0.05, 0) is 35.9 Å². The van der Waals surface area contributed by atoms with E-state index in [1.807, 2.05) is 42.5 Å². The Hall–Kier alpha value is -2.01. The molecule has 0 N–H and O–H groups in total. The number of ether oxygens (including phenoxy) is 2. The monoisotopic (exact) mass is 349 g/mol. The Morgan fingerprint density at radius 2 is 1.86 bits per heavy atom. The summed E-state index contributed by atoms with van der Waals surface area (Å²) < 4.78 is 11.4. The summed E-state index contributed by atoms with van der Waals surface area (Å²) in [6.07, 6.45) is 1.64. The van der Waals surface area contributed by atoms with Crippen molar-refractivity contribution in [3.8, 4) is 11.5 Å². The highest BCUT2D eigenvalue weighted by Crippen LogP contribution is 2.26. The Labute approximate surface area is 132 Å². The van der Waals surface area contributed by atoms with Gasteiger partial charge in [-0.2, -0.15) is 0 Å². The van der Waals surface area contributed by atoms with Crippen LogP contribution in [-0.2, 0) is 11.4 Å². The molecule has 0 saturated carbocycles. The van der Waals surface area contributed by atoms with E-state index in [2.05, 4.69) is 21.1 Å². The van der Waals surface area contributed by atoms with E-state index in [0.717, 1.165) is 15.6 Å². The average Bonchev–Trinajstić information content (AvgIpc) is 2.51. The van der Waals surface area contributed by atoms with Crippen LogP contribution in [0.1, 0.15) is 11.1 Å². The fourth-order valence-corrected chi connectivity index (χ4v) is 2.22. The van der Waals surface area contributed by atoms with Gasteiger partial charge >= 0.3 is 0 Å². The maximum absolute atomic E-state index is 5.29. The number of hydrogen-bond acceptors (Lipinski definition) is 4. The van der Waals surface area contributed by atoms with E-state index in [0.29, 0.717) is 18.1 Å². The summed E-state index contributed by atoms with van der Waals surface area (Å²) in [6.45, 7) is 0.420. The third-order valence-electron chi connectivity index (χ3n) is 2.80. The zero-order chi connectivity index (χ0) is 15.1. The van der Waals surface area contributed by atoms with Gasteiger partial charge in [-0.1, -0.05) is 33.2 Å². The standard InChI is InChI=1S/C16H16BrNO3/c1-19-15-7-6-12(9-16(15)20-2)10-18-21-11-13-4-3-5-14(17)8-13/h3-10H,11H2,1-2H3/b18-10+. The topological polar surface area (TPSA) is 40.0 Å². The second-order valence-corrected chi connectivity index (χ2v) is 5.17. The molecule has 0 fully saturated rings. The van der Waals surface area contributed by atoms with E-state index in [1.165, 1.54) is 0 Å². The molecule has 110 valence electrons. The number of benzene rings is 2. The predicted octanol–water partition coefficient (Wildman–Crippen LogP) is 4.02. The van der Waals surface area contributed by atoms with E-state index in [1.54, 1.807) is 20.4 Å². The van der Waals surface area contributed by atoms with Crippen molar-refractivity contribution in [2.75, 3.05) is 14.2 Å². The molecule has 4 nitrogen and oxygen atoms in total. The van der Waals surface area contributed by atoms with Gasteiger partial charge in [0.25, 0.3) is 0 Å². The summed E-state index contributed by atoms with van der Waals surface area (Å²) in [5.74, 6) is 1.35. The van der Waals surface area contributed by atoms with Crippen LogP contribution in [0.3, 0.4) is 0 Å². The molecule has 2 rings (SSSR count). The van der Waals surface area contributed by atoms with Crippen molar-refractivity contribution in [3.63, 3.8) is 0 Å². The average molecular weight is 350 g/mol. The summed E-state index contributed by atoms with van der Waals surface area (Å²) in [4.78, 5) is 5.29. The summed E-state index contributed by atoms with van der Waals surface area (Å²) in [5.41, 5.74) is 1.93. The minimum atomic E-state index is 0.420. The number of oxime groups is 1. The molecule has 0 heterocycles. The van der Waals surface area contributed by atoms with Gasteiger partial charge in [0.15, 0.2) is 11.5 Å². The molecule has 2 aromatic carbocycles. The quantitative estimate of drug-likeness (QED) is 0.584. The van der Waals surface area contributed by atoms with Gasteiger partial charge in [0, 0.05) is 10.0 Å². The molecule has 0 bridgehead atoms. The summed E-state index contributed by atoms with van der Waals surface area (Å²) >= 11 is 3.42. The highest BCUT2D eigenvalue weighted by atomic mass is 79.9. The molecule has 21 heavy (non-hydrogen) atoms. The smallest absolute Gasteiger partial charge is 0.161 e. The van der Waals surface area contributed by atoms with E-state index >= 15 is 0 Å². The summed E-state index contributed by atoms with van der Waals surface area (Å²) in [5, 5.41) is 3.96. The van der Waals surface area contributed by atoms with E-state index in [4.69, 9.17) is 14.3 Å². The zero-order valence-corrected chi connectivity index (χ0v) is 13.5. The lowest BCUT2D eigenvalue weighted by molar-refractivity contribution is 0.132. The largest absolute Gasteiger partial charge is 0.493 e. The van der Waals surface area contributed by atoms with Gasteiger partial charge < -0.3 is 14.3 Å². The van der Waals surface area contributed by atoms with E-state index in [9.17, 15) is 0 Å². The molecular weight excluding hydrogens is 334 g/mol. The van der Waals surface area contributed by atoms with Crippen LogP contribution >= 0.6 is 15.9 Å². The number of hydrogen-bond donors (Lipinski definition) is 0. The van der Waals surface area contributed by atoms with Gasteiger partial charge in [-0.25, -0.2) is 0 Å². The third-order valence-corrected chi connectivity index (χ3v) is 3.30. The van der Waals surface area contributed by atoms with Gasteiger partial charge in [-0.3, -0.25) is 0 Å². The lowest BCUT2D eigenvalue weighted by atomic mass is 10.2. The molecule has 0 spiro atoms. The van der Waals surface area contributed by atoms with Crippen molar-refractivity contribution >= 4 is 22.1 Å². The number of nitrogens with zero attached hydrogens (tertiary/aromatic N) is 1. The third kappa shape index (κ3) is 4.49. The molecule has 0 radical (unpaired) electrons. The van der Waals surface area contributed by atoms with Crippen molar-refractivity contribution in [2.24, 2.45) is 5.16 Å². The van der Waals surface area contributed by atoms with E-state index < -0.39 is 0 Å². The molecule has 0 aliphatic rings. The molecule has 0 aromatic heterocycles. The van der Waals surface area contributed by atoms with Crippen LogP contribution in [-0.4, -0.2) is 20.4 Å². The van der Waals surface area contributed by atoms with Crippen LogP contribution in [0.15, 0.2) is 52.1 Å². The Morgan fingerprint density at radius 3 is 2.57 bits per heavy atom. The second-order valence-electron chi connectivity index (χ2n) is 4.25. The molecule has 0 unspecified atom stereocenters. The normalized spacial score (nSPS) is 10.6. The summed E-state index contributed by atoms with van der Waals surface area (Å²) in [6, 6.07) is 13.5. The van der Waals surface area contributed by atoms with Crippen LogP contribution in [0.5, 0.6) is 11.5 Å². The van der Waals surface area contributed by atoms with E-state index in [-0.39, 0.29) is 0 Å². The molecule has 2 aromatic rings. The first-order valence-electron chi connectivity index (χ1n) is 6.34. The minimum absolute atomic E-state index is 0.420. The number of rotatable bonds is 6. The summed E-state index contributed by atoms with van der Waals surface area (Å²) in [7, 11) is 3.20. The fraction of sp³-hybridized carbons (Fsp3) is 0.188. The van der Waals surface area contributed by atoms with Gasteiger partial charge in [0.1, 0.15) is 6.61 Å². The molecule has 0 aliphatic carbocycles. The second kappa shape index (κ2) is 7.69. The SMILES string of the molecule is COc1ccc(/C=N/OCc2cccc(Br)c2)cc1OC. The van der Waals surface area contributed by atoms with Crippen LogP contribution in [0.25, 0.3) is 0 Å². The lowest BCUT2D eigenvalue weighted by Gasteiger charge is -2.07. The Bertz CT molecular complexity index is 629. The van der Waals surface area contributed by atoms with Crippen LogP contribution in [0.4, 0.5) is 0 Å². The predicted molar refractivity (Wildman–Crippen MR) is 86.1 cm³/mol. The van der Waals surface area contributed by atoms with Crippen LogP contribution < -0.4 is 9.47 Å². The van der Waals surface area contributed by atoms with Crippen LogP contribution in [0.2, 0.25) is 0 Å². The molecule has 0 atom stereocenters. The first-order chi connectivity index (χ1) is 10.2. The first kappa shape index (κ1) is 15.4. The van der Waals surface area contributed by atoms with Crippen molar-refractivity contribution in [2.45, 2.75) is 6.61 Å². The minimum Gasteiger partial charge on any atom is -0.493 e. The lowest BCUT2D eigenvalue weighted by Crippen LogP contribution is -1.92. The first-order valence-corrected chi connectivity index (χ1v) is 7.14. The van der Waals surface area contributed by atoms with Crippen molar-refractivity contribution in [1.82, 2.24) is 0 Å². The maximum atomic E-state index is 5.29. The van der Waals surface area contributed by atoms with Crippen molar-refractivity contribution in [3.05, 3.63) is 58.1 Å². The van der Waals surface area contributed by atoms with Gasteiger partial charge in [0.05, 0.1) is 20.4 Å². The number of methoxy groups -OCH3 is 2. The highest BCUT2D eigenvalue weighted by Gasteiger charge is 2.03. The molecule has 5 heteroatoms. The molecular formula is C16H16BrNO3. The molecule has 0 amide bonds. The maximum Gasteiger partial charge on any atom is 0.161 e. The molecule has 0 saturated heterocycles. The highest BCUT2D eigenvalue weighted by molar-refractivity contribution is 9.10. The zero-order valence-electron chi connectivity index (χ0n) is 11.9. The molecule has 0 aliphatic heterocycles.